The normalized spacial score (nSPS) is 15.1. The van der Waals surface area contributed by atoms with Crippen LogP contribution in [0.1, 0.15) is 13.8 Å². The van der Waals surface area contributed by atoms with E-state index in [2.05, 4.69) is 0 Å². The number of rotatable bonds is 4. The van der Waals surface area contributed by atoms with Crippen molar-refractivity contribution in [2.75, 3.05) is 6.61 Å². The summed E-state index contributed by atoms with van der Waals surface area (Å²) in [5.74, 6) is 0. The van der Waals surface area contributed by atoms with Crippen molar-refractivity contribution in [2.45, 2.75) is 26.0 Å². The number of carbonyl (C=O) groups excluding carboxylic acids is 1. The van der Waals surface area contributed by atoms with Crippen molar-refractivity contribution >= 4 is 6.29 Å². The third-order valence-corrected chi connectivity index (χ3v) is 1.67. The molecule has 12 heavy (non-hydrogen) atoms. The first kappa shape index (κ1) is 11.3. The van der Waals surface area contributed by atoms with E-state index >= 15 is 0 Å². The lowest BCUT2D eigenvalue weighted by Crippen LogP contribution is -2.39. The highest BCUT2D eigenvalue weighted by atomic mass is 16.3. The van der Waals surface area contributed by atoms with Crippen LogP contribution < -0.4 is 5.73 Å². The Balaban J connectivity index is 4.54. The van der Waals surface area contributed by atoms with Gasteiger partial charge in [-0.05, 0) is 13.8 Å². The third kappa shape index (κ3) is 2.73. The minimum absolute atomic E-state index is 0.344. The van der Waals surface area contributed by atoms with E-state index in [0.717, 1.165) is 5.57 Å². The molecule has 4 heteroatoms. The largest absolute Gasteiger partial charge is 0.394 e. The van der Waals surface area contributed by atoms with Crippen LogP contribution in [0.2, 0.25) is 0 Å². The lowest BCUT2D eigenvalue weighted by atomic mass is 10.00. The quantitative estimate of drug-likeness (QED) is 0.384. The fourth-order valence-corrected chi connectivity index (χ4v) is 0.851. The van der Waals surface area contributed by atoms with E-state index in [9.17, 15) is 4.79 Å². The third-order valence-electron chi connectivity index (χ3n) is 1.67. The molecule has 70 valence electrons. The molecule has 4 nitrogen and oxygen atoms in total. The summed E-state index contributed by atoms with van der Waals surface area (Å²) in [6.45, 7) is 3.02. The summed E-state index contributed by atoms with van der Waals surface area (Å²) < 4.78 is 0. The first-order chi connectivity index (χ1) is 5.54. The van der Waals surface area contributed by atoms with E-state index in [4.69, 9.17) is 15.9 Å². The number of aldehydes is 1. The Morgan fingerprint density at radius 1 is 1.58 bits per heavy atom. The number of aliphatic hydroxyl groups excluding tert-OH is 2. The molecule has 0 saturated carbocycles. The van der Waals surface area contributed by atoms with Gasteiger partial charge in [0.05, 0.1) is 18.8 Å². The van der Waals surface area contributed by atoms with Crippen molar-refractivity contribution in [3.63, 3.8) is 0 Å². The van der Waals surface area contributed by atoms with E-state index in [1.807, 2.05) is 0 Å². The number of carbonyl (C=O) groups is 1. The van der Waals surface area contributed by atoms with Gasteiger partial charge in [-0.15, -0.1) is 0 Å². The Morgan fingerprint density at radius 3 is 2.33 bits per heavy atom. The van der Waals surface area contributed by atoms with Crippen LogP contribution in [-0.2, 0) is 4.79 Å². The fourth-order valence-electron chi connectivity index (χ4n) is 0.851. The van der Waals surface area contributed by atoms with E-state index in [-0.39, 0.29) is 0 Å². The summed E-state index contributed by atoms with van der Waals surface area (Å²) in [7, 11) is 0. The monoisotopic (exact) mass is 173 g/mol. The summed E-state index contributed by atoms with van der Waals surface area (Å²) in [4.78, 5) is 10.5. The van der Waals surface area contributed by atoms with Crippen LogP contribution in [0.3, 0.4) is 0 Å². The zero-order chi connectivity index (χ0) is 9.72. The van der Waals surface area contributed by atoms with Crippen LogP contribution in [0.25, 0.3) is 0 Å². The predicted octanol–water partition coefficient (Wildman–Crippen LogP) is -0.798. The second kappa shape index (κ2) is 5.03. The van der Waals surface area contributed by atoms with Crippen LogP contribution in [0.5, 0.6) is 0 Å². The molecule has 0 aliphatic rings. The van der Waals surface area contributed by atoms with Gasteiger partial charge in [0.1, 0.15) is 6.29 Å². The predicted molar refractivity (Wildman–Crippen MR) is 45.5 cm³/mol. The Labute approximate surface area is 71.7 Å². The van der Waals surface area contributed by atoms with Gasteiger partial charge in [0.25, 0.3) is 0 Å². The minimum atomic E-state index is -1.07. The van der Waals surface area contributed by atoms with Gasteiger partial charge in [-0.3, -0.25) is 4.79 Å². The fraction of sp³-hybridized carbons (Fsp3) is 0.625. The Kier molecular flexibility index (Phi) is 4.73. The highest BCUT2D eigenvalue weighted by molar-refractivity contribution is 5.76. The summed E-state index contributed by atoms with van der Waals surface area (Å²) in [5.41, 5.74) is 6.58. The van der Waals surface area contributed by atoms with Gasteiger partial charge in [0.2, 0.25) is 0 Å². The van der Waals surface area contributed by atoms with Gasteiger partial charge in [0, 0.05) is 5.57 Å². The minimum Gasteiger partial charge on any atom is -0.394 e. The first-order valence-electron chi connectivity index (χ1n) is 3.71. The van der Waals surface area contributed by atoms with Gasteiger partial charge in [-0.25, -0.2) is 0 Å². The first-order valence-corrected chi connectivity index (χ1v) is 3.71. The Hall–Kier alpha value is -0.710. The second-order valence-electron chi connectivity index (χ2n) is 2.85. The number of nitrogens with two attached hydrogens (primary N) is 1. The summed E-state index contributed by atoms with van der Waals surface area (Å²) in [5, 5.41) is 17.7. The lowest BCUT2D eigenvalue weighted by Gasteiger charge is -2.17. The molecule has 2 atom stereocenters. The van der Waals surface area contributed by atoms with Gasteiger partial charge < -0.3 is 15.9 Å². The summed E-state index contributed by atoms with van der Waals surface area (Å²) in [6, 6.07) is -0.794. The molecule has 0 radical (unpaired) electrons. The molecule has 2 unspecified atom stereocenters. The van der Waals surface area contributed by atoms with E-state index in [1.165, 1.54) is 0 Å². The average Bonchev–Trinajstić information content (AvgIpc) is 2.03. The van der Waals surface area contributed by atoms with E-state index < -0.39 is 18.8 Å². The topological polar surface area (TPSA) is 83.6 Å². The highest BCUT2D eigenvalue weighted by Crippen LogP contribution is 2.07. The van der Waals surface area contributed by atoms with Crippen molar-refractivity contribution < 1.29 is 15.0 Å². The number of hydrogen-bond donors (Lipinski definition) is 3. The maximum atomic E-state index is 10.5. The van der Waals surface area contributed by atoms with Crippen molar-refractivity contribution in [2.24, 2.45) is 5.73 Å². The van der Waals surface area contributed by atoms with E-state index in [0.29, 0.717) is 11.9 Å². The second-order valence-corrected chi connectivity index (χ2v) is 2.85. The standard InChI is InChI=1S/C8H15NO3/c1-5(2)6(3-10)8(9)7(12)4-11/h3,7-8,11-12H,4,9H2,1-2H3. The molecule has 0 amide bonds. The maximum Gasteiger partial charge on any atom is 0.147 e. The SMILES string of the molecule is CC(C)=C(C=O)C(N)C(O)CO. The molecule has 0 rings (SSSR count). The lowest BCUT2D eigenvalue weighted by molar-refractivity contribution is -0.105. The van der Waals surface area contributed by atoms with Crippen LogP contribution >= 0.6 is 0 Å². The van der Waals surface area contributed by atoms with Crippen molar-refractivity contribution in [1.82, 2.24) is 0 Å². The Bertz CT molecular complexity index is 185. The molecular formula is C8H15NO3. The van der Waals surface area contributed by atoms with Crippen LogP contribution in [0, 0.1) is 0 Å². The van der Waals surface area contributed by atoms with Gasteiger partial charge >= 0.3 is 0 Å². The summed E-state index contributed by atoms with van der Waals surface area (Å²) in [6.07, 6.45) is -0.459. The van der Waals surface area contributed by atoms with Crippen LogP contribution in [0.15, 0.2) is 11.1 Å². The van der Waals surface area contributed by atoms with Crippen molar-refractivity contribution in [3.8, 4) is 0 Å². The molecule has 0 saturated heterocycles. The molecule has 0 heterocycles. The van der Waals surface area contributed by atoms with Crippen molar-refractivity contribution in [1.29, 1.82) is 0 Å². The molecule has 0 bridgehead atoms. The number of hydrogen-bond acceptors (Lipinski definition) is 4. The average molecular weight is 173 g/mol. The van der Waals surface area contributed by atoms with Gasteiger partial charge in [0.15, 0.2) is 0 Å². The zero-order valence-corrected chi connectivity index (χ0v) is 7.32. The Morgan fingerprint density at radius 2 is 2.08 bits per heavy atom. The highest BCUT2D eigenvalue weighted by Gasteiger charge is 2.18. The van der Waals surface area contributed by atoms with E-state index in [1.54, 1.807) is 13.8 Å². The molecule has 0 spiro atoms. The molecule has 0 fully saturated rings. The molecule has 4 N–H and O–H groups in total. The molecule has 0 aromatic heterocycles. The van der Waals surface area contributed by atoms with Gasteiger partial charge in [-0.2, -0.15) is 0 Å². The number of allylic oxidation sites excluding steroid dienone is 1. The summed E-state index contributed by atoms with van der Waals surface area (Å²) >= 11 is 0. The van der Waals surface area contributed by atoms with Crippen molar-refractivity contribution in [3.05, 3.63) is 11.1 Å². The zero-order valence-electron chi connectivity index (χ0n) is 7.32. The molecule has 0 aliphatic heterocycles. The number of aliphatic hydroxyl groups is 2. The van der Waals surface area contributed by atoms with Gasteiger partial charge in [-0.1, -0.05) is 5.57 Å². The van der Waals surface area contributed by atoms with Crippen LogP contribution in [-0.4, -0.2) is 35.3 Å². The molecule has 0 aromatic carbocycles. The molecule has 0 aromatic rings. The molecular weight excluding hydrogens is 158 g/mol. The molecule has 0 aliphatic carbocycles. The van der Waals surface area contributed by atoms with Crippen LogP contribution in [0.4, 0.5) is 0 Å². The maximum absolute atomic E-state index is 10.5. The smallest absolute Gasteiger partial charge is 0.147 e.